The number of hydrogen-bond acceptors (Lipinski definition) is 4. The molecule has 2 N–H and O–H groups in total. The summed E-state index contributed by atoms with van der Waals surface area (Å²) >= 11 is 0. The van der Waals surface area contributed by atoms with Gasteiger partial charge in [-0.05, 0) is 43.7 Å². The van der Waals surface area contributed by atoms with Gasteiger partial charge in [0.25, 0.3) is 0 Å². The summed E-state index contributed by atoms with van der Waals surface area (Å²) in [6.45, 7) is 0.914. The quantitative estimate of drug-likeness (QED) is 0.867. The highest BCUT2D eigenvalue weighted by molar-refractivity contribution is 7.92. The topological polar surface area (TPSA) is 61.4 Å². The predicted octanol–water partition coefficient (Wildman–Crippen LogP) is 1.64. The molecule has 20 heavy (non-hydrogen) atoms. The van der Waals surface area contributed by atoms with E-state index in [4.69, 9.17) is 0 Å². The van der Waals surface area contributed by atoms with E-state index in [0.717, 1.165) is 31.5 Å². The molecular formula is C14H23N3O2S. The summed E-state index contributed by atoms with van der Waals surface area (Å²) in [4.78, 5) is 1.98. The normalized spacial score (nSPS) is 19.6. The largest absolute Gasteiger partial charge is 0.378 e. The third-order valence-electron chi connectivity index (χ3n) is 3.49. The molecule has 0 amide bonds. The zero-order chi connectivity index (χ0) is 14.6. The molecule has 1 saturated heterocycles. The van der Waals surface area contributed by atoms with E-state index in [0.29, 0.717) is 5.69 Å². The molecule has 1 aromatic rings. The van der Waals surface area contributed by atoms with Crippen molar-refractivity contribution in [3.05, 3.63) is 24.3 Å². The van der Waals surface area contributed by atoms with E-state index >= 15 is 0 Å². The molecule has 1 atom stereocenters. The first-order valence-corrected chi connectivity index (χ1v) is 8.63. The summed E-state index contributed by atoms with van der Waals surface area (Å²) in [6, 6.07) is 7.46. The second kappa shape index (κ2) is 6.45. The Hall–Kier alpha value is -1.27. The molecule has 1 unspecified atom stereocenters. The van der Waals surface area contributed by atoms with E-state index in [-0.39, 0.29) is 11.8 Å². The number of sulfonamides is 1. The molecule has 5 nitrogen and oxygen atoms in total. The monoisotopic (exact) mass is 297 g/mol. The Bertz CT molecular complexity index is 520. The maximum Gasteiger partial charge on any atom is 0.234 e. The standard InChI is InChI=1S/C14H23N3O2S/c1-17(2)14-8-6-12(7-9-14)16-20(18,19)11-13-5-3-4-10-15-13/h6-9,13,15-16H,3-5,10-11H2,1-2H3. The molecule has 1 aliphatic heterocycles. The average molecular weight is 297 g/mol. The SMILES string of the molecule is CN(C)c1ccc(NS(=O)(=O)CC2CCCCN2)cc1. The van der Waals surface area contributed by atoms with Crippen molar-refractivity contribution in [2.75, 3.05) is 36.0 Å². The third kappa shape index (κ3) is 4.38. The van der Waals surface area contributed by atoms with E-state index in [1.807, 2.05) is 31.1 Å². The van der Waals surface area contributed by atoms with Gasteiger partial charge in [0.05, 0.1) is 5.75 Å². The fourth-order valence-corrected chi connectivity index (χ4v) is 3.77. The van der Waals surface area contributed by atoms with Crippen molar-refractivity contribution in [1.29, 1.82) is 0 Å². The maximum atomic E-state index is 12.1. The number of nitrogens with zero attached hydrogens (tertiary/aromatic N) is 1. The van der Waals surface area contributed by atoms with E-state index in [9.17, 15) is 8.42 Å². The summed E-state index contributed by atoms with van der Waals surface area (Å²) in [5, 5.41) is 3.26. The number of anilines is 2. The highest BCUT2D eigenvalue weighted by Crippen LogP contribution is 2.17. The van der Waals surface area contributed by atoms with Gasteiger partial charge in [-0.1, -0.05) is 6.42 Å². The second-order valence-electron chi connectivity index (χ2n) is 5.47. The lowest BCUT2D eigenvalue weighted by molar-refractivity contribution is 0.424. The van der Waals surface area contributed by atoms with E-state index in [2.05, 4.69) is 10.0 Å². The van der Waals surface area contributed by atoms with Crippen molar-refractivity contribution in [3.8, 4) is 0 Å². The first-order chi connectivity index (χ1) is 9.46. The van der Waals surface area contributed by atoms with Crippen LogP contribution >= 0.6 is 0 Å². The van der Waals surface area contributed by atoms with Crippen LogP contribution in [0.3, 0.4) is 0 Å². The molecule has 6 heteroatoms. The summed E-state index contributed by atoms with van der Waals surface area (Å²) in [5.41, 5.74) is 1.66. The van der Waals surface area contributed by atoms with Crippen molar-refractivity contribution in [1.82, 2.24) is 5.32 Å². The Morgan fingerprint density at radius 1 is 1.25 bits per heavy atom. The Morgan fingerprint density at radius 3 is 2.50 bits per heavy atom. The van der Waals surface area contributed by atoms with Crippen LogP contribution in [0.4, 0.5) is 11.4 Å². The van der Waals surface area contributed by atoms with Crippen LogP contribution in [0.2, 0.25) is 0 Å². The summed E-state index contributed by atoms with van der Waals surface area (Å²) in [6.07, 6.45) is 3.17. The maximum absolute atomic E-state index is 12.1. The van der Waals surface area contributed by atoms with Crippen molar-refractivity contribution in [2.24, 2.45) is 0 Å². The molecule has 112 valence electrons. The molecule has 1 fully saturated rings. The lowest BCUT2D eigenvalue weighted by Gasteiger charge is -2.23. The van der Waals surface area contributed by atoms with Crippen LogP contribution in [0, 0.1) is 0 Å². The minimum atomic E-state index is -3.29. The van der Waals surface area contributed by atoms with Crippen LogP contribution in [-0.2, 0) is 10.0 Å². The summed E-state index contributed by atoms with van der Waals surface area (Å²) in [7, 11) is 0.611. The Kier molecular flexibility index (Phi) is 4.88. The van der Waals surface area contributed by atoms with Crippen LogP contribution in [0.5, 0.6) is 0 Å². The number of hydrogen-bond donors (Lipinski definition) is 2. The van der Waals surface area contributed by atoms with Gasteiger partial charge in [-0.2, -0.15) is 0 Å². The number of benzene rings is 1. The Balaban J connectivity index is 1.96. The number of rotatable bonds is 5. The molecule has 0 bridgehead atoms. The van der Waals surface area contributed by atoms with Gasteiger partial charge in [0.2, 0.25) is 10.0 Å². The van der Waals surface area contributed by atoms with Crippen LogP contribution < -0.4 is 14.9 Å². The van der Waals surface area contributed by atoms with Gasteiger partial charge in [0.1, 0.15) is 0 Å². The fourth-order valence-electron chi connectivity index (χ4n) is 2.38. The lowest BCUT2D eigenvalue weighted by atomic mass is 10.1. The minimum Gasteiger partial charge on any atom is -0.378 e. The van der Waals surface area contributed by atoms with Gasteiger partial charge in [0.15, 0.2) is 0 Å². The van der Waals surface area contributed by atoms with Crippen LogP contribution in [0.15, 0.2) is 24.3 Å². The molecule has 0 aliphatic carbocycles. The highest BCUT2D eigenvalue weighted by Gasteiger charge is 2.20. The van der Waals surface area contributed by atoms with Crippen molar-refractivity contribution >= 4 is 21.4 Å². The fraction of sp³-hybridized carbons (Fsp3) is 0.571. The average Bonchev–Trinajstić information content (AvgIpc) is 2.39. The van der Waals surface area contributed by atoms with Crippen molar-refractivity contribution in [2.45, 2.75) is 25.3 Å². The molecule has 0 aromatic heterocycles. The van der Waals surface area contributed by atoms with Gasteiger partial charge < -0.3 is 10.2 Å². The molecule has 1 heterocycles. The Labute approximate surface area is 121 Å². The van der Waals surface area contributed by atoms with Gasteiger partial charge in [-0.25, -0.2) is 8.42 Å². The molecule has 2 rings (SSSR count). The van der Waals surface area contributed by atoms with Gasteiger partial charge >= 0.3 is 0 Å². The first-order valence-electron chi connectivity index (χ1n) is 6.97. The highest BCUT2D eigenvalue weighted by atomic mass is 32.2. The smallest absolute Gasteiger partial charge is 0.234 e. The minimum absolute atomic E-state index is 0.0716. The number of piperidine rings is 1. The van der Waals surface area contributed by atoms with Gasteiger partial charge in [0, 0.05) is 31.5 Å². The zero-order valence-corrected chi connectivity index (χ0v) is 12.9. The van der Waals surface area contributed by atoms with Crippen LogP contribution in [0.25, 0.3) is 0 Å². The Morgan fingerprint density at radius 2 is 1.95 bits per heavy atom. The first kappa shape index (κ1) is 15.1. The molecule has 0 spiro atoms. The van der Waals surface area contributed by atoms with Gasteiger partial charge in [-0.15, -0.1) is 0 Å². The molecule has 0 saturated carbocycles. The van der Waals surface area contributed by atoms with E-state index in [1.54, 1.807) is 12.1 Å². The number of nitrogens with one attached hydrogen (secondary N) is 2. The van der Waals surface area contributed by atoms with Gasteiger partial charge in [-0.3, -0.25) is 4.72 Å². The predicted molar refractivity (Wildman–Crippen MR) is 83.8 cm³/mol. The zero-order valence-electron chi connectivity index (χ0n) is 12.1. The third-order valence-corrected chi connectivity index (χ3v) is 4.88. The van der Waals surface area contributed by atoms with Crippen LogP contribution in [-0.4, -0.2) is 40.9 Å². The summed E-state index contributed by atoms with van der Waals surface area (Å²) in [5.74, 6) is 0.141. The van der Waals surface area contributed by atoms with Crippen LogP contribution in [0.1, 0.15) is 19.3 Å². The summed E-state index contributed by atoms with van der Waals surface area (Å²) < 4.78 is 26.9. The molecule has 0 radical (unpaired) electrons. The van der Waals surface area contributed by atoms with Crippen molar-refractivity contribution in [3.63, 3.8) is 0 Å². The van der Waals surface area contributed by atoms with E-state index in [1.165, 1.54) is 0 Å². The second-order valence-corrected chi connectivity index (χ2v) is 7.24. The molecule has 1 aromatic carbocycles. The van der Waals surface area contributed by atoms with Crippen molar-refractivity contribution < 1.29 is 8.42 Å². The lowest BCUT2D eigenvalue weighted by Crippen LogP contribution is -2.40. The van der Waals surface area contributed by atoms with E-state index < -0.39 is 10.0 Å². The molecular weight excluding hydrogens is 274 g/mol. The molecule has 1 aliphatic rings.